The van der Waals surface area contributed by atoms with E-state index in [-0.39, 0.29) is 41.0 Å². The van der Waals surface area contributed by atoms with Gasteiger partial charge in [-0.3, -0.25) is 0 Å². The first-order valence-corrected chi connectivity index (χ1v) is 30.9. The van der Waals surface area contributed by atoms with Gasteiger partial charge in [0.05, 0.1) is 40.7 Å². The third-order valence-electron chi connectivity index (χ3n) is 20.2. The number of carbonyl (C=O) groups excluding carboxylic acids is 1. The maximum Gasteiger partial charge on any atom is 1.00 e. The molecule has 8 heterocycles. The van der Waals surface area contributed by atoms with Gasteiger partial charge in [-0.15, -0.1) is 0 Å². The number of carboxylic acids is 1. The van der Waals surface area contributed by atoms with Gasteiger partial charge in [0.1, 0.15) is 0 Å². The number of carboxylic acid groups (broad SMARTS) is 1. The average molecular weight is 1100 g/mol. The monoisotopic (exact) mass is 1100 g/mol. The second-order valence-corrected chi connectivity index (χ2v) is 25.2. The van der Waals surface area contributed by atoms with Crippen LogP contribution in [0.4, 0.5) is 0 Å². The molecule has 11 nitrogen and oxygen atoms in total. The molecule has 12 heteroatoms. The largest absolute Gasteiger partial charge is 1.00 e. The number of fused-ring (bicyclic) bond motifs is 8. The third kappa shape index (κ3) is 10.5. The summed E-state index contributed by atoms with van der Waals surface area (Å²) < 4.78 is 15.3. The van der Waals surface area contributed by atoms with Gasteiger partial charge in [0.2, 0.25) is 0 Å². The van der Waals surface area contributed by atoms with E-state index in [1.54, 1.807) is 5.56 Å². The van der Waals surface area contributed by atoms with Crippen LogP contribution in [-0.4, -0.2) is 96.0 Å². The van der Waals surface area contributed by atoms with E-state index in [4.69, 9.17) is 4.74 Å². The molecule has 0 atom stereocenters. The van der Waals surface area contributed by atoms with Crippen molar-refractivity contribution in [3.05, 3.63) is 119 Å². The van der Waals surface area contributed by atoms with Crippen molar-refractivity contribution >= 4 is 55.6 Å². The first kappa shape index (κ1) is 57.7. The Kier molecular flexibility index (Phi) is 17.2. The Bertz CT molecular complexity index is 3590. The fourth-order valence-corrected chi connectivity index (χ4v) is 16.2. The molecule has 0 spiro atoms. The van der Waals surface area contributed by atoms with E-state index in [0.717, 1.165) is 44.5 Å². The summed E-state index contributed by atoms with van der Waals surface area (Å²) in [4.78, 5) is 29.8. The SMILES string of the molecule is CC(C)N1CCC(c2cn3c4c(cccc24)-c2c(C4CCCCC4)c4ccc(C(=O)O)cc4n2CCC3)CC1.COC(=O)c1ccc2c(C3CCCCC3)c3n(c2c1)CCCn1cc(C2CCN(C(C)C)CC2)c2cccc-3c21.[Na+].[OH-]. The predicted molar refractivity (Wildman–Crippen MR) is 324 cm³/mol. The van der Waals surface area contributed by atoms with Crippen LogP contribution in [0.25, 0.3) is 66.1 Å². The number of para-hydroxylation sites is 2. The smallest absolute Gasteiger partial charge is 0.870 e. The van der Waals surface area contributed by atoms with E-state index < -0.39 is 5.97 Å². The van der Waals surface area contributed by atoms with Crippen LogP contribution in [0.3, 0.4) is 0 Å². The molecule has 14 rings (SSSR count). The molecule has 4 aromatic carbocycles. The van der Waals surface area contributed by atoms with Gasteiger partial charge in [-0.05, 0) is 188 Å². The minimum Gasteiger partial charge on any atom is -0.870 e. The van der Waals surface area contributed by atoms with Gasteiger partial charge in [-0.25, -0.2) is 9.59 Å². The summed E-state index contributed by atoms with van der Waals surface area (Å²) in [6.45, 7) is 17.9. The zero-order valence-corrected chi connectivity index (χ0v) is 51.3. The van der Waals surface area contributed by atoms with Crippen LogP contribution in [-0.2, 0) is 30.9 Å². The van der Waals surface area contributed by atoms with E-state index in [1.807, 2.05) is 18.2 Å². The molecule has 422 valence electrons. The zero-order valence-electron chi connectivity index (χ0n) is 49.3. The van der Waals surface area contributed by atoms with E-state index in [1.165, 1.54) is 200 Å². The van der Waals surface area contributed by atoms with Crippen LogP contribution < -0.4 is 29.6 Å². The second kappa shape index (κ2) is 24.2. The van der Waals surface area contributed by atoms with Gasteiger partial charge in [0.25, 0.3) is 0 Å². The van der Waals surface area contributed by atoms with Crippen LogP contribution in [0.1, 0.15) is 197 Å². The van der Waals surface area contributed by atoms with Gasteiger partial charge in [0.15, 0.2) is 0 Å². The molecular weight excluding hydrogens is 1020 g/mol. The third-order valence-corrected chi connectivity index (χ3v) is 20.2. The van der Waals surface area contributed by atoms with E-state index in [9.17, 15) is 14.7 Å². The number of ether oxygens (including phenoxy) is 1. The minimum atomic E-state index is -0.846. The normalized spacial score (nSPS) is 18.9. The number of benzene rings is 4. The van der Waals surface area contributed by atoms with Crippen molar-refractivity contribution in [3.8, 4) is 22.5 Å². The van der Waals surface area contributed by atoms with E-state index in [2.05, 4.69) is 123 Å². The summed E-state index contributed by atoms with van der Waals surface area (Å²) in [5.74, 6) is 1.23. The second-order valence-electron chi connectivity index (χ2n) is 25.2. The fourth-order valence-electron chi connectivity index (χ4n) is 16.2. The number of aromatic carboxylic acids is 1. The van der Waals surface area contributed by atoms with Gasteiger partial charge < -0.3 is 43.4 Å². The molecule has 4 aromatic heterocycles. The number of piperidine rings is 2. The molecular formula is C69H85N6NaO5. The Morgan fingerprint density at radius 1 is 0.494 bits per heavy atom. The van der Waals surface area contributed by atoms with Crippen LogP contribution in [0.15, 0.2) is 85.2 Å². The molecule has 81 heavy (non-hydrogen) atoms. The van der Waals surface area contributed by atoms with Crippen molar-refractivity contribution in [1.82, 2.24) is 28.1 Å². The average Bonchev–Trinajstić information content (AvgIpc) is 4.32. The van der Waals surface area contributed by atoms with Crippen molar-refractivity contribution in [1.29, 1.82) is 0 Å². The van der Waals surface area contributed by atoms with Crippen molar-refractivity contribution < 1.29 is 54.5 Å². The maximum atomic E-state index is 12.5. The molecule has 8 aromatic rings. The molecule has 0 amide bonds. The maximum absolute atomic E-state index is 12.5. The molecule has 2 saturated heterocycles. The first-order valence-electron chi connectivity index (χ1n) is 30.9. The van der Waals surface area contributed by atoms with Crippen LogP contribution in [0.5, 0.6) is 0 Å². The number of rotatable bonds is 8. The molecule has 2 saturated carbocycles. The number of likely N-dealkylation sites (tertiary alicyclic amines) is 2. The quantitative estimate of drug-likeness (QED) is 0.119. The van der Waals surface area contributed by atoms with Crippen molar-refractivity contribution in [3.63, 3.8) is 0 Å². The van der Waals surface area contributed by atoms with Crippen molar-refractivity contribution in [2.75, 3.05) is 33.3 Å². The number of methoxy groups -OCH3 is 1. The summed E-state index contributed by atoms with van der Waals surface area (Å²) in [6.07, 6.45) is 24.9. The molecule has 0 unspecified atom stereocenters. The van der Waals surface area contributed by atoms with Crippen LogP contribution >= 0.6 is 0 Å². The van der Waals surface area contributed by atoms with Gasteiger partial charge in [-0.2, -0.15) is 0 Å². The number of nitrogens with zero attached hydrogens (tertiary/aromatic N) is 6. The topological polar surface area (TPSA) is 120 Å². The van der Waals surface area contributed by atoms with Crippen LogP contribution in [0.2, 0.25) is 0 Å². The summed E-state index contributed by atoms with van der Waals surface area (Å²) >= 11 is 0. The Hall–Kier alpha value is -5.14. The predicted octanol–water partition coefficient (Wildman–Crippen LogP) is 12.9. The molecule has 0 radical (unpaired) electrons. The Morgan fingerprint density at radius 2 is 0.914 bits per heavy atom. The minimum absolute atomic E-state index is 0. The summed E-state index contributed by atoms with van der Waals surface area (Å²) in [5.41, 5.74) is 17.7. The number of hydrogen-bond donors (Lipinski definition) is 1. The standard InChI is InChI=1S/C35H43N3O2.C34H41N3O2.Na.H2O/c1-23(2)36-19-15-24(16-20-36)30-22-37-17-8-18-38-31-21-26(35(39)40-3)13-14-28(31)32(25-9-5-4-6-10-25)34(38)29-12-7-11-27(30)33(29)37;1-22(2)35-18-14-23(15-19-35)29-21-36-16-7-17-37-30-20-25(34(38)39)12-13-27(30)31(24-8-4-3-5-9-24)33(37)28-11-6-10-26(29)32(28)36;;/h7,11-14,21-25H,4-6,8-10,15-20H2,1-3H3;6,10-13,20-24H,3-5,7-9,14-19H2,1-2H3,(H,38,39);;1H2/q;;+1;/p-1. The molecule has 2 aliphatic carbocycles. The van der Waals surface area contributed by atoms with E-state index >= 15 is 0 Å². The number of carbonyl (C=O) groups is 2. The summed E-state index contributed by atoms with van der Waals surface area (Å²) in [5, 5.41) is 15.3. The summed E-state index contributed by atoms with van der Waals surface area (Å²) in [6, 6.07) is 27.4. The molecule has 6 aliphatic rings. The Labute approximate surface area is 501 Å². The Morgan fingerprint density at radius 3 is 1.32 bits per heavy atom. The van der Waals surface area contributed by atoms with Crippen molar-refractivity contribution in [2.45, 2.75) is 192 Å². The van der Waals surface area contributed by atoms with Crippen molar-refractivity contribution in [2.24, 2.45) is 0 Å². The summed E-state index contributed by atoms with van der Waals surface area (Å²) in [7, 11) is 1.47. The fraction of sp³-hybridized carbons (Fsp3) is 0.507. The van der Waals surface area contributed by atoms with Gasteiger partial charge >= 0.3 is 41.5 Å². The first-order chi connectivity index (χ1) is 38.6. The van der Waals surface area contributed by atoms with Gasteiger partial charge in [-0.1, -0.05) is 87.1 Å². The number of aromatic nitrogens is 4. The molecule has 0 bridgehead atoms. The number of aryl methyl sites for hydroxylation is 4. The number of hydrogen-bond acceptors (Lipinski definition) is 6. The molecule has 4 fully saturated rings. The van der Waals surface area contributed by atoms with Gasteiger partial charge in [0, 0.05) is 94.4 Å². The number of esters is 1. The van der Waals surface area contributed by atoms with E-state index in [0.29, 0.717) is 46.9 Å². The Balaban J connectivity index is 0.000000166. The zero-order chi connectivity index (χ0) is 54.1. The molecule has 4 aliphatic heterocycles. The van der Waals surface area contributed by atoms with Crippen LogP contribution in [0, 0.1) is 0 Å². The molecule has 2 N–H and O–H groups in total.